The molecule has 94 valence electrons. The Balaban J connectivity index is 1.69. The summed E-state index contributed by atoms with van der Waals surface area (Å²) in [7, 11) is 0. The van der Waals surface area contributed by atoms with Gasteiger partial charge in [-0.1, -0.05) is 6.07 Å². The average Bonchev–Trinajstić information content (AvgIpc) is 3.05. The van der Waals surface area contributed by atoms with Crippen molar-refractivity contribution in [3.63, 3.8) is 0 Å². The molecule has 5 heteroatoms. The lowest BCUT2D eigenvalue weighted by Crippen LogP contribution is -2.30. The van der Waals surface area contributed by atoms with Crippen LogP contribution in [0.5, 0.6) is 0 Å². The zero-order valence-electron chi connectivity index (χ0n) is 10.0. The van der Waals surface area contributed by atoms with Gasteiger partial charge in [0.15, 0.2) is 0 Å². The summed E-state index contributed by atoms with van der Waals surface area (Å²) in [6, 6.07) is 5.88. The number of amides is 1. The molecule has 0 aromatic carbocycles. The number of carbonyl (C=O) groups is 1. The standard InChI is InChI=1S/C13H15N3O2/c17-13(11-4-7-18-9-11)14-8-10-2-1-6-16-12(10)3-5-15-16/h1-3,5-6,11H,4,7-9H2,(H,14,17). The fourth-order valence-electron chi connectivity index (χ4n) is 2.23. The minimum atomic E-state index is 0.00893. The van der Waals surface area contributed by atoms with Crippen LogP contribution in [0.2, 0.25) is 0 Å². The molecule has 1 N–H and O–H groups in total. The molecule has 3 rings (SSSR count). The largest absolute Gasteiger partial charge is 0.381 e. The number of ether oxygens (including phenoxy) is 1. The maximum absolute atomic E-state index is 11.9. The molecule has 1 aliphatic rings. The van der Waals surface area contributed by atoms with Crippen LogP contribution >= 0.6 is 0 Å². The first kappa shape index (κ1) is 11.2. The summed E-state index contributed by atoms with van der Waals surface area (Å²) in [6.07, 6.45) is 4.47. The van der Waals surface area contributed by atoms with E-state index in [1.165, 1.54) is 0 Å². The summed E-state index contributed by atoms with van der Waals surface area (Å²) >= 11 is 0. The maximum Gasteiger partial charge on any atom is 0.225 e. The smallest absolute Gasteiger partial charge is 0.225 e. The SMILES string of the molecule is O=C(NCc1cccn2nccc12)C1CCOC1. The molecular weight excluding hydrogens is 230 g/mol. The third-order valence-electron chi connectivity index (χ3n) is 3.28. The van der Waals surface area contributed by atoms with Crippen molar-refractivity contribution in [1.29, 1.82) is 0 Å². The van der Waals surface area contributed by atoms with Gasteiger partial charge >= 0.3 is 0 Å². The van der Waals surface area contributed by atoms with E-state index < -0.39 is 0 Å². The molecule has 0 aliphatic carbocycles. The Kier molecular flexibility index (Phi) is 2.98. The van der Waals surface area contributed by atoms with Crippen LogP contribution in [0.25, 0.3) is 5.52 Å². The maximum atomic E-state index is 11.9. The van der Waals surface area contributed by atoms with Gasteiger partial charge in [0.1, 0.15) is 0 Å². The molecule has 1 unspecified atom stereocenters. The zero-order chi connectivity index (χ0) is 12.4. The van der Waals surface area contributed by atoms with Crippen LogP contribution in [0.3, 0.4) is 0 Å². The summed E-state index contributed by atoms with van der Waals surface area (Å²) in [4.78, 5) is 11.9. The highest BCUT2D eigenvalue weighted by atomic mass is 16.5. The summed E-state index contributed by atoms with van der Waals surface area (Å²) in [5.74, 6) is 0.0867. The van der Waals surface area contributed by atoms with E-state index in [9.17, 15) is 4.79 Å². The number of carbonyl (C=O) groups excluding carboxylic acids is 1. The van der Waals surface area contributed by atoms with Crippen LogP contribution in [0.1, 0.15) is 12.0 Å². The first-order valence-electron chi connectivity index (χ1n) is 6.11. The molecule has 1 saturated heterocycles. The minimum absolute atomic E-state index is 0.00893. The molecule has 0 radical (unpaired) electrons. The van der Waals surface area contributed by atoms with Gasteiger partial charge in [-0.3, -0.25) is 4.79 Å². The number of nitrogens with zero attached hydrogens (tertiary/aromatic N) is 2. The Morgan fingerprint density at radius 1 is 1.56 bits per heavy atom. The molecule has 1 amide bonds. The van der Waals surface area contributed by atoms with Gasteiger partial charge < -0.3 is 10.1 Å². The van der Waals surface area contributed by atoms with E-state index in [1.54, 1.807) is 10.7 Å². The average molecular weight is 245 g/mol. The Morgan fingerprint density at radius 3 is 3.33 bits per heavy atom. The topological polar surface area (TPSA) is 55.6 Å². The Hall–Kier alpha value is -1.88. The van der Waals surface area contributed by atoms with Crippen molar-refractivity contribution in [1.82, 2.24) is 14.9 Å². The van der Waals surface area contributed by atoms with Crippen LogP contribution < -0.4 is 5.32 Å². The molecule has 2 aromatic heterocycles. The van der Waals surface area contributed by atoms with Crippen molar-refractivity contribution < 1.29 is 9.53 Å². The Morgan fingerprint density at radius 2 is 2.50 bits per heavy atom. The zero-order valence-corrected chi connectivity index (χ0v) is 10.0. The molecule has 18 heavy (non-hydrogen) atoms. The molecular formula is C13H15N3O2. The number of rotatable bonds is 3. The molecule has 3 heterocycles. The molecule has 0 saturated carbocycles. The van der Waals surface area contributed by atoms with Crippen LogP contribution in [0.4, 0.5) is 0 Å². The quantitative estimate of drug-likeness (QED) is 0.877. The molecule has 2 aromatic rings. The van der Waals surface area contributed by atoms with E-state index in [0.717, 1.165) is 17.5 Å². The Labute approximate surface area is 105 Å². The number of fused-ring (bicyclic) bond motifs is 1. The minimum Gasteiger partial charge on any atom is -0.381 e. The summed E-state index contributed by atoms with van der Waals surface area (Å²) < 4.78 is 7.02. The predicted molar refractivity (Wildman–Crippen MR) is 66.0 cm³/mol. The lowest BCUT2D eigenvalue weighted by Gasteiger charge is -2.10. The van der Waals surface area contributed by atoms with E-state index in [1.807, 2.05) is 24.4 Å². The highest BCUT2D eigenvalue weighted by Gasteiger charge is 2.23. The van der Waals surface area contributed by atoms with Crippen molar-refractivity contribution in [3.05, 3.63) is 36.2 Å². The van der Waals surface area contributed by atoms with Gasteiger partial charge in [-0.25, -0.2) is 4.52 Å². The van der Waals surface area contributed by atoms with E-state index in [4.69, 9.17) is 4.74 Å². The van der Waals surface area contributed by atoms with Crippen molar-refractivity contribution >= 4 is 11.4 Å². The number of pyridine rings is 1. The van der Waals surface area contributed by atoms with Crippen LogP contribution in [0.15, 0.2) is 30.6 Å². The highest BCUT2D eigenvalue weighted by Crippen LogP contribution is 2.13. The fourth-order valence-corrected chi connectivity index (χ4v) is 2.23. The second kappa shape index (κ2) is 4.78. The lowest BCUT2D eigenvalue weighted by molar-refractivity contribution is -0.125. The molecule has 5 nitrogen and oxygen atoms in total. The molecule has 1 fully saturated rings. The van der Waals surface area contributed by atoms with Gasteiger partial charge in [-0.2, -0.15) is 5.10 Å². The van der Waals surface area contributed by atoms with Crippen molar-refractivity contribution in [3.8, 4) is 0 Å². The first-order valence-corrected chi connectivity index (χ1v) is 6.11. The van der Waals surface area contributed by atoms with Gasteiger partial charge in [-0.15, -0.1) is 0 Å². The van der Waals surface area contributed by atoms with Crippen LogP contribution in [0, 0.1) is 5.92 Å². The van der Waals surface area contributed by atoms with Crippen molar-refractivity contribution in [2.24, 2.45) is 5.92 Å². The number of hydrogen-bond acceptors (Lipinski definition) is 3. The second-order valence-corrected chi connectivity index (χ2v) is 4.47. The van der Waals surface area contributed by atoms with Gasteiger partial charge in [0.05, 0.1) is 18.0 Å². The number of aromatic nitrogens is 2. The third-order valence-corrected chi connectivity index (χ3v) is 3.28. The fraction of sp³-hybridized carbons (Fsp3) is 0.385. The van der Waals surface area contributed by atoms with Gasteiger partial charge in [-0.05, 0) is 24.1 Å². The Bertz CT molecular complexity index is 558. The molecule has 0 bridgehead atoms. The normalized spacial score (nSPS) is 19.2. The molecule has 1 atom stereocenters. The van der Waals surface area contributed by atoms with Gasteiger partial charge in [0, 0.05) is 25.5 Å². The number of hydrogen-bond donors (Lipinski definition) is 1. The summed E-state index contributed by atoms with van der Waals surface area (Å²) in [6.45, 7) is 1.77. The van der Waals surface area contributed by atoms with E-state index in [0.29, 0.717) is 19.8 Å². The summed E-state index contributed by atoms with van der Waals surface area (Å²) in [5.41, 5.74) is 2.10. The van der Waals surface area contributed by atoms with E-state index in [-0.39, 0.29) is 11.8 Å². The van der Waals surface area contributed by atoms with E-state index in [2.05, 4.69) is 10.4 Å². The summed E-state index contributed by atoms with van der Waals surface area (Å²) in [5, 5.41) is 7.13. The van der Waals surface area contributed by atoms with Crippen molar-refractivity contribution in [2.45, 2.75) is 13.0 Å². The monoisotopic (exact) mass is 245 g/mol. The van der Waals surface area contributed by atoms with Crippen LogP contribution in [-0.2, 0) is 16.1 Å². The van der Waals surface area contributed by atoms with Crippen molar-refractivity contribution in [2.75, 3.05) is 13.2 Å². The predicted octanol–water partition coefficient (Wildman–Crippen LogP) is 0.987. The third kappa shape index (κ3) is 2.09. The van der Waals surface area contributed by atoms with Gasteiger partial charge in [0.25, 0.3) is 0 Å². The molecule has 0 spiro atoms. The van der Waals surface area contributed by atoms with Crippen LogP contribution in [-0.4, -0.2) is 28.7 Å². The second-order valence-electron chi connectivity index (χ2n) is 4.47. The lowest BCUT2D eigenvalue weighted by atomic mass is 10.1. The van der Waals surface area contributed by atoms with E-state index >= 15 is 0 Å². The molecule has 1 aliphatic heterocycles. The first-order chi connectivity index (χ1) is 8.84. The number of nitrogens with one attached hydrogen (secondary N) is 1. The van der Waals surface area contributed by atoms with Gasteiger partial charge in [0.2, 0.25) is 5.91 Å². The highest BCUT2D eigenvalue weighted by molar-refractivity contribution is 5.79.